The van der Waals surface area contributed by atoms with Crippen LogP contribution in [0, 0.1) is 0 Å². The number of halogens is 2. The van der Waals surface area contributed by atoms with E-state index in [1.165, 1.54) is 11.1 Å². The first-order chi connectivity index (χ1) is 14.5. The summed E-state index contributed by atoms with van der Waals surface area (Å²) in [5.74, 6) is 0.0295. The normalized spacial score (nSPS) is 22.7. The lowest BCUT2D eigenvalue weighted by Gasteiger charge is -2.35. The summed E-state index contributed by atoms with van der Waals surface area (Å²) in [5.41, 5.74) is 3.79. The van der Waals surface area contributed by atoms with Crippen LogP contribution >= 0.6 is 0 Å². The number of hydrogen-bond donors (Lipinski definition) is 0. The predicted molar refractivity (Wildman–Crippen MR) is 123 cm³/mol. The number of nitrogens with zero attached hydrogens (tertiary/aromatic N) is 1. The zero-order valence-electron chi connectivity index (χ0n) is 18.7. The van der Waals surface area contributed by atoms with E-state index < -0.39 is 12.3 Å². The van der Waals surface area contributed by atoms with E-state index in [-0.39, 0.29) is 5.92 Å². The molecule has 0 aliphatic heterocycles. The van der Waals surface area contributed by atoms with Crippen molar-refractivity contribution in [2.45, 2.75) is 89.6 Å². The highest BCUT2D eigenvalue weighted by Crippen LogP contribution is 2.38. The lowest BCUT2D eigenvalue weighted by atomic mass is 9.94. The number of hydrogen-bond acceptors (Lipinski definition) is 1. The Morgan fingerprint density at radius 1 is 0.867 bits per heavy atom. The third kappa shape index (κ3) is 6.14. The Hall–Kier alpha value is -1.74. The minimum Gasteiger partial charge on any atom is -0.298 e. The third-order valence-electron chi connectivity index (χ3n) is 6.73. The lowest BCUT2D eigenvalue weighted by molar-refractivity contribution is 0.143. The molecule has 3 atom stereocenters. The van der Waals surface area contributed by atoms with E-state index in [9.17, 15) is 8.78 Å². The molecule has 2 aromatic carbocycles. The average molecular weight is 414 g/mol. The Bertz CT molecular complexity index is 733. The minimum absolute atomic E-state index is 0.0295. The van der Waals surface area contributed by atoms with Gasteiger partial charge in [-0.25, -0.2) is 8.78 Å². The van der Waals surface area contributed by atoms with Gasteiger partial charge in [-0.3, -0.25) is 4.90 Å². The van der Waals surface area contributed by atoms with Gasteiger partial charge in [0.05, 0.1) is 0 Å². The van der Waals surface area contributed by atoms with E-state index in [1.807, 2.05) is 0 Å². The van der Waals surface area contributed by atoms with Gasteiger partial charge in [-0.1, -0.05) is 61.5 Å². The second-order valence-corrected chi connectivity index (χ2v) is 9.11. The molecule has 0 spiro atoms. The molecule has 0 heterocycles. The van der Waals surface area contributed by atoms with Crippen LogP contribution in [0.1, 0.15) is 69.1 Å². The van der Waals surface area contributed by atoms with Crippen LogP contribution in [-0.2, 0) is 12.8 Å². The monoisotopic (exact) mass is 413 g/mol. The molecular weight excluding hydrogens is 376 g/mol. The van der Waals surface area contributed by atoms with Crippen molar-refractivity contribution in [1.29, 1.82) is 0 Å². The largest absolute Gasteiger partial charge is 0.298 e. The van der Waals surface area contributed by atoms with E-state index in [2.05, 4.69) is 80.3 Å². The van der Waals surface area contributed by atoms with Gasteiger partial charge < -0.3 is 0 Å². The Balaban J connectivity index is 1.55. The summed E-state index contributed by atoms with van der Waals surface area (Å²) in [6, 6.07) is 20.3. The first kappa shape index (κ1) is 22.9. The Morgan fingerprint density at radius 3 is 2.03 bits per heavy atom. The van der Waals surface area contributed by atoms with Gasteiger partial charge >= 0.3 is 0 Å². The molecule has 1 aliphatic carbocycles. The Labute approximate surface area is 181 Å². The summed E-state index contributed by atoms with van der Waals surface area (Å²) < 4.78 is 27.0. The highest BCUT2D eigenvalue weighted by atomic mass is 19.2. The number of benzene rings is 2. The second-order valence-electron chi connectivity index (χ2n) is 9.11. The molecule has 0 amide bonds. The molecule has 3 rings (SSSR count). The van der Waals surface area contributed by atoms with E-state index in [1.54, 1.807) is 0 Å². The molecule has 3 unspecified atom stereocenters. The summed E-state index contributed by atoms with van der Waals surface area (Å²) in [6.45, 7) is 7.95. The fourth-order valence-corrected chi connectivity index (χ4v) is 4.87. The summed E-state index contributed by atoms with van der Waals surface area (Å²) in [7, 11) is 0. The van der Waals surface area contributed by atoms with Crippen LogP contribution in [0.4, 0.5) is 8.78 Å². The maximum Gasteiger partial charge on any atom is 0.132 e. The van der Waals surface area contributed by atoms with Crippen LogP contribution in [0.2, 0.25) is 0 Å². The molecule has 0 aromatic heterocycles. The molecule has 1 aliphatic rings. The highest BCUT2D eigenvalue weighted by Gasteiger charge is 2.35. The summed E-state index contributed by atoms with van der Waals surface area (Å²) in [5, 5.41) is 0. The number of rotatable bonds is 10. The van der Waals surface area contributed by atoms with Gasteiger partial charge in [0, 0.05) is 18.6 Å². The maximum atomic E-state index is 13.5. The van der Waals surface area contributed by atoms with Crippen LogP contribution in [0.25, 0.3) is 0 Å². The molecule has 1 nitrogen and oxygen atoms in total. The molecule has 2 aromatic rings. The SMILES string of the molecule is CCC(CCc1ccc(C2CC(F)C(F)C2)cc1)N(CCc1ccccc1)C(C)C. The van der Waals surface area contributed by atoms with E-state index >= 15 is 0 Å². The summed E-state index contributed by atoms with van der Waals surface area (Å²) in [6.07, 6.45) is 2.45. The molecule has 164 valence electrons. The van der Waals surface area contributed by atoms with Gasteiger partial charge in [0.2, 0.25) is 0 Å². The van der Waals surface area contributed by atoms with Gasteiger partial charge in [-0.2, -0.15) is 0 Å². The van der Waals surface area contributed by atoms with Crippen LogP contribution in [-0.4, -0.2) is 35.9 Å². The standard InChI is InChI=1S/C27H37F2N/c1-4-25(30(20(2)3)17-16-21-8-6-5-7-9-21)15-12-22-10-13-23(14-11-22)24-18-26(28)27(29)19-24/h5-11,13-14,20,24-27H,4,12,15-19H2,1-3H3. The van der Waals surface area contributed by atoms with E-state index in [4.69, 9.17) is 0 Å². The van der Waals surface area contributed by atoms with Crippen molar-refractivity contribution in [2.24, 2.45) is 0 Å². The fourth-order valence-electron chi connectivity index (χ4n) is 4.87. The van der Waals surface area contributed by atoms with E-state index in [0.717, 1.165) is 37.8 Å². The van der Waals surface area contributed by atoms with Crippen LogP contribution in [0.3, 0.4) is 0 Å². The maximum absolute atomic E-state index is 13.5. The summed E-state index contributed by atoms with van der Waals surface area (Å²) >= 11 is 0. The lowest BCUT2D eigenvalue weighted by Crippen LogP contribution is -2.41. The predicted octanol–water partition coefficient (Wildman–Crippen LogP) is 6.90. The molecule has 0 saturated heterocycles. The topological polar surface area (TPSA) is 3.24 Å². The Morgan fingerprint density at radius 2 is 1.47 bits per heavy atom. The van der Waals surface area contributed by atoms with Gasteiger partial charge in [0.25, 0.3) is 0 Å². The molecular formula is C27H37F2N. The van der Waals surface area contributed by atoms with Gasteiger partial charge in [0.15, 0.2) is 0 Å². The molecule has 0 bridgehead atoms. The fraction of sp³-hybridized carbons (Fsp3) is 0.556. The van der Waals surface area contributed by atoms with Crippen molar-refractivity contribution in [3.8, 4) is 0 Å². The second kappa shape index (κ2) is 11.0. The van der Waals surface area contributed by atoms with Crippen molar-refractivity contribution in [1.82, 2.24) is 4.90 Å². The molecule has 1 fully saturated rings. The molecule has 0 N–H and O–H groups in total. The highest BCUT2D eigenvalue weighted by molar-refractivity contribution is 5.27. The van der Waals surface area contributed by atoms with Crippen LogP contribution < -0.4 is 0 Å². The minimum atomic E-state index is -1.29. The third-order valence-corrected chi connectivity index (χ3v) is 6.73. The number of alkyl halides is 2. The van der Waals surface area contributed by atoms with Crippen LogP contribution in [0.15, 0.2) is 54.6 Å². The van der Waals surface area contributed by atoms with Gasteiger partial charge in [-0.05, 0) is 75.0 Å². The van der Waals surface area contributed by atoms with Crippen molar-refractivity contribution >= 4 is 0 Å². The molecule has 0 radical (unpaired) electrons. The summed E-state index contributed by atoms with van der Waals surface area (Å²) in [4.78, 5) is 2.64. The van der Waals surface area contributed by atoms with Crippen molar-refractivity contribution < 1.29 is 8.78 Å². The van der Waals surface area contributed by atoms with E-state index in [0.29, 0.717) is 24.9 Å². The van der Waals surface area contributed by atoms with Crippen molar-refractivity contribution in [3.05, 3.63) is 71.3 Å². The smallest absolute Gasteiger partial charge is 0.132 e. The van der Waals surface area contributed by atoms with Gasteiger partial charge in [-0.15, -0.1) is 0 Å². The van der Waals surface area contributed by atoms with Gasteiger partial charge in [0.1, 0.15) is 12.3 Å². The first-order valence-corrected chi connectivity index (χ1v) is 11.6. The van der Waals surface area contributed by atoms with Crippen molar-refractivity contribution in [3.63, 3.8) is 0 Å². The first-order valence-electron chi connectivity index (χ1n) is 11.6. The Kier molecular flexibility index (Phi) is 8.44. The zero-order valence-corrected chi connectivity index (χ0v) is 18.7. The number of aryl methyl sites for hydroxylation is 1. The zero-order chi connectivity index (χ0) is 21.5. The molecule has 30 heavy (non-hydrogen) atoms. The van der Waals surface area contributed by atoms with Crippen molar-refractivity contribution in [2.75, 3.05) is 6.54 Å². The van der Waals surface area contributed by atoms with Crippen LogP contribution in [0.5, 0.6) is 0 Å². The quantitative estimate of drug-likeness (QED) is 0.409. The molecule has 3 heteroatoms. The average Bonchev–Trinajstić information content (AvgIpc) is 3.09. The molecule has 1 saturated carbocycles.